The van der Waals surface area contributed by atoms with Gasteiger partial charge in [0.05, 0.1) is 0 Å². The third-order valence-electron chi connectivity index (χ3n) is 3.38. The second kappa shape index (κ2) is 7.78. The SMILES string of the molecule is CCOCCCNC(=O)N1CCCC(c2nn[nH]n2)C1. The molecule has 1 saturated heterocycles. The van der Waals surface area contributed by atoms with E-state index in [0.717, 1.165) is 25.8 Å². The Morgan fingerprint density at radius 3 is 3.25 bits per heavy atom. The van der Waals surface area contributed by atoms with Crippen LogP contribution in [0.1, 0.15) is 37.9 Å². The molecule has 0 aromatic carbocycles. The summed E-state index contributed by atoms with van der Waals surface area (Å²) < 4.78 is 5.23. The number of piperidine rings is 1. The lowest BCUT2D eigenvalue weighted by Crippen LogP contribution is -2.45. The van der Waals surface area contributed by atoms with E-state index in [1.807, 2.05) is 11.8 Å². The molecule has 2 N–H and O–H groups in total. The van der Waals surface area contributed by atoms with Crippen LogP contribution in [-0.4, -0.2) is 64.4 Å². The first-order valence-electron chi connectivity index (χ1n) is 7.15. The number of urea groups is 1. The number of nitrogens with zero attached hydrogens (tertiary/aromatic N) is 4. The molecule has 0 bridgehead atoms. The minimum Gasteiger partial charge on any atom is -0.382 e. The van der Waals surface area contributed by atoms with Gasteiger partial charge < -0.3 is 15.0 Å². The maximum atomic E-state index is 12.1. The van der Waals surface area contributed by atoms with Gasteiger partial charge in [-0.05, 0) is 26.2 Å². The Kier molecular flexibility index (Phi) is 5.72. The first kappa shape index (κ1) is 14.7. The van der Waals surface area contributed by atoms with Crippen LogP contribution in [0.25, 0.3) is 0 Å². The fourth-order valence-electron chi connectivity index (χ4n) is 2.34. The van der Waals surface area contributed by atoms with Gasteiger partial charge in [0, 0.05) is 38.8 Å². The Morgan fingerprint density at radius 2 is 2.50 bits per heavy atom. The fraction of sp³-hybridized carbons (Fsp3) is 0.833. The summed E-state index contributed by atoms with van der Waals surface area (Å²) in [5, 5.41) is 17.0. The first-order chi connectivity index (χ1) is 9.81. The van der Waals surface area contributed by atoms with Crippen LogP contribution >= 0.6 is 0 Å². The van der Waals surface area contributed by atoms with Crippen LogP contribution in [0, 0.1) is 0 Å². The van der Waals surface area contributed by atoms with Crippen molar-refractivity contribution in [1.82, 2.24) is 30.8 Å². The average Bonchev–Trinajstić information content (AvgIpc) is 3.01. The van der Waals surface area contributed by atoms with Crippen molar-refractivity contribution in [2.45, 2.75) is 32.1 Å². The number of amides is 2. The van der Waals surface area contributed by atoms with E-state index >= 15 is 0 Å². The minimum absolute atomic E-state index is 0.0188. The van der Waals surface area contributed by atoms with Crippen molar-refractivity contribution in [3.05, 3.63) is 5.82 Å². The first-order valence-corrected chi connectivity index (χ1v) is 7.15. The average molecular weight is 282 g/mol. The Hall–Kier alpha value is -1.70. The number of aromatic nitrogens is 4. The number of aromatic amines is 1. The maximum Gasteiger partial charge on any atom is 0.317 e. The summed E-state index contributed by atoms with van der Waals surface area (Å²) in [5.74, 6) is 0.871. The van der Waals surface area contributed by atoms with Gasteiger partial charge in [-0.3, -0.25) is 0 Å². The highest BCUT2D eigenvalue weighted by Crippen LogP contribution is 2.23. The van der Waals surface area contributed by atoms with Gasteiger partial charge in [0.25, 0.3) is 0 Å². The molecule has 1 aromatic rings. The van der Waals surface area contributed by atoms with E-state index in [9.17, 15) is 4.79 Å². The smallest absolute Gasteiger partial charge is 0.317 e. The Bertz CT molecular complexity index is 397. The van der Waals surface area contributed by atoms with Gasteiger partial charge in [0.15, 0.2) is 5.82 Å². The summed E-state index contributed by atoms with van der Waals surface area (Å²) in [6.07, 6.45) is 2.79. The lowest BCUT2D eigenvalue weighted by molar-refractivity contribution is 0.143. The standard InChI is InChI=1S/C12H22N6O2/c1-2-20-8-4-6-13-12(19)18-7-3-5-10(9-18)11-14-16-17-15-11/h10H,2-9H2,1H3,(H,13,19)(H,14,15,16,17). The number of nitrogens with one attached hydrogen (secondary N) is 2. The third kappa shape index (κ3) is 4.16. The van der Waals surface area contributed by atoms with E-state index in [1.165, 1.54) is 0 Å². The number of tetrazole rings is 1. The van der Waals surface area contributed by atoms with E-state index in [1.54, 1.807) is 0 Å². The van der Waals surface area contributed by atoms with Crippen molar-refractivity contribution in [3.63, 3.8) is 0 Å². The quantitative estimate of drug-likeness (QED) is 0.741. The molecule has 2 heterocycles. The lowest BCUT2D eigenvalue weighted by atomic mass is 9.98. The predicted octanol–water partition coefficient (Wildman–Crippen LogP) is 0.515. The zero-order chi connectivity index (χ0) is 14.2. The van der Waals surface area contributed by atoms with Crippen molar-refractivity contribution in [2.75, 3.05) is 32.8 Å². The molecule has 1 aliphatic heterocycles. The minimum atomic E-state index is -0.0188. The van der Waals surface area contributed by atoms with Crippen LogP contribution in [0.15, 0.2) is 0 Å². The molecule has 0 aliphatic carbocycles. The van der Waals surface area contributed by atoms with Gasteiger partial charge in [0.1, 0.15) is 0 Å². The Morgan fingerprint density at radius 1 is 1.60 bits per heavy atom. The zero-order valence-corrected chi connectivity index (χ0v) is 11.8. The number of likely N-dealkylation sites (tertiary alicyclic amines) is 1. The van der Waals surface area contributed by atoms with E-state index in [0.29, 0.717) is 32.1 Å². The second-order valence-corrected chi connectivity index (χ2v) is 4.84. The number of carbonyl (C=O) groups is 1. The normalized spacial score (nSPS) is 19.1. The molecule has 1 aliphatic rings. The van der Waals surface area contributed by atoms with Gasteiger partial charge in [-0.15, -0.1) is 10.2 Å². The summed E-state index contributed by atoms with van der Waals surface area (Å²) in [6.45, 7) is 5.43. The number of carbonyl (C=O) groups excluding carboxylic acids is 1. The summed E-state index contributed by atoms with van der Waals surface area (Å²) in [6, 6.07) is -0.0188. The van der Waals surface area contributed by atoms with E-state index < -0.39 is 0 Å². The highest BCUT2D eigenvalue weighted by Gasteiger charge is 2.26. The molecule has 1 unspecified atom stereocenters. The predicted molar refractivity (Wildman–Crippen MR) is 72.2 cm³/mol. The molecule has 0 radical (unpaired) electrons. The summed E-state index contributed by atoms with van der Waals surface area (Å²) in [4.78, 5) is 13.9. The molecular weight excluding hydrogens is 260 g/mol. The topological polar surface area (TPSA) is 96.0 Å². The lowest BCUT2D eigenvalue weighted by Gasteiger charge is -2.31. The number of ether oxygens (including phenoxy) is 1. The maximum absolute atomic E-state index is 12.1. The van der Waals surface area contributed by atoms with Crippen LogP contribution in [0.3, 0.4) is 0 Å². The molecule has 1 fully saturated rings. The molecule has 8 heteroatoms. The van der Waals surface area contributed by atoms with Gasteiger partial charge in [-0.2, -0.15) is 5.21 Å². The Labute approximate surface area is 118 Å². The Balaban J connectivity index is 1.73. The van der Waals surface area contributed by atoms with Crippen LogP contribution in [-0.2, 0) is 4.74 Å². The molecule has 0 saturated carbocycles. The van der Waals surface area contributed by atoms with E-state index in [-0.39, 0.29) is 11.9 Å². The summed E-state index contributed by atoms with van der Waals surface area (Å²) in [5.41, 5.74) is 0. The van der Waals surface area contributed by atoms with Crippen molar-refractivity contribution >= 4 is 6.03 Å². The molecule has 1 aromatic heterocycles. The van der Waals surface area contributed by atoms with Crippen LogP contribution in [0.2, 0.25) is 0 Å². The van der Waals surface area contributed by atoms with Crippen LogP contribution in [0.5, 0.6) is 0 Å². The van der Waals surface area contributed by atoms with Crippen molar-refractivity contribution < 1.29 is 9.53 Å². The zero-order valence-electron chi connectivity index (χ0n) is 11.8. The highest BCUT2D eigenvalue weighted by molar-refractivity contribution is 5.74. The number of hydrogen-bond donors (Lipinski definition) is 2. The monoisotopic (exact) mass is 282 g/mol. The van der Waals surface area contributed by atoms with Crippen molar-refractivity contribution in [1.29, 1.82) is 0 Å². The van der Waals surface area contributed by atoms with Gasteiger partial charge >= 0.3 is 6.03 Å². The summed E-state index contributed by atoms with van der Waals surface area (Å²) >= 11 is 0. The van der Waals surface area contributed by atoms with Crippen molar-refractivity contribution in [3.8, 4) is 0 Å². The largest absolute Gasteiger partial charge is 0.382 e. The summed E-state index contributed by atoms with van der Waals surface area (Å²) in [7, 11) is 0. The molecule has 112 valence electrons. The van der Waals surface area contributed by atoms with Crippen LogP contribution < -0.4 is 5.32 Å². The fourth-order valence-corrected chi connectivity index (χ4v) is 2.34. The molecule has 20 heavy (non-hydrogen) atoms. The highest BCUT2D eigenvalue weighted by atomic mass is 16.5. The number of H-pyrrole nitrogens is 1. The van der Waals surface area contributed by atoms with E-state index in [4.69, 9.17) is 4.74 Å². The molecular formula is C12H22N6O2. The van der Waals surface area contributed by atoms with Gasteiger partial charge in [0.2, 0.25) is 0 Å². The number of hydrogen-bond acceptors (Lipinski definition) is 5. The van der Waals surface area contributed by atoms with Crippen molar-refractivity contribution in [2.24, 2.45) is 0 Å². The van der Waals surface area contributed by atoms with E-state index in [2.05, 4.69) is 25.9 Å². The van der Waals surface area contributed by atoms with Gasteiger partial charge in [-0.1, -0.05) is 5.21 Å². The molecule has 2 rings (SSSR count). The van der Waals surface area contributed by atoms with Gasteiger partial charge in [-0.25, -0.2) is 4.79 Å². The van der Waals surface area contributed by atoms with Crippen LogP contribution in [0.4, 0.5) is 4.79 Å². The second-order valence-electron chi connectivity index (χ2n) is 4.84. The molecule has 0 spiro atoms. The third-order valence-corrected chi connectivity index (χ3v) is 3.38. The molecule has 1 atom stereocenters. The molecule has 8 nitrogen and oxygen atoms in total. The number of rotatable bonds is 6. The molecule has 2 amide bonds.